The molecule has 0 spiro atoms. The molecule has 1 fully saturated rings. The van der Waals surface area contributed by atoms with Gasteiger partial charge in [-0.25, -0.2) is 9.59 Å². The molecule has 156 valence electrons. The highest BCUT2D eigenvalue weighted by Gasteiger charge is 2.27. The largest absolute Gasteiger partial charge is 0.493 e. The molecule has 0 aromatic heterocycles. The SMILES string of the molecule is COc1ccc(CNC(=O)NC2CCN(C(=O)OC(C)(C)C)CC2)cc1OC. The van der Waals surface area contributed by atoms with Crippen molar-refractivity contribution >= 4 is 12.1 Å². The summed E-state index contributed by atoms with van der Waals surface area (Å²) in [5.74, 6) is 1.27. The van der Waals surface area contributed by atoms with Crippen molar-refractivity contribution in [1.29, 1.82) is 0 Å². The van der Waals surface area contributed by atoms with Crippen molar-refractivity contribution in [3.8, 4) is 11.5 Å². The predicted molar refractivity (Wildman–Crippen MR) is 106 cm³/mol. The monoisotopic (exact) mass is 393 g/mol. The molecule has 2 rings (SSSR count). The summed E-state index contributed by atoms with van der Waals surface area (Å²) in [5.41, 5.74) is 0.406. The van der Waals surface area contributed by atoms with E-state index in [4.69, 9.17) is 14.2 Å². The van der Waals surface area contributed by atoms with E-state index in [2.05, 4.69) is 10.6 Å². The van der Waals surface area contributed by atoms with Crippen LogP contribution in [-0.2, 0) is 11.3 Å². The van der Waals surface area contributed by atoms with Crippen LogP contribution in [0.25, 0.3) is 0 Å². The lowest BCUT2D eigenvalue weighted by Gasteiger charge is -2.33. The Balaban J connectivity index is 1.75. The summed E-state index contributed by atoms with van der Waals surface area (Å²) in [6.45, 7) is 7.06. The van der Waals surface area contributed by atoms with Gasteiger partial charge in [0.15, 0.2) is 11.5 Å². The number of hydrogen-bond donors (Lipinski definition) is 2. The van der Waals surface area contributed by atoms with Gasteiger partial charge in [0.2, 0.25) is 0 Å². The van der Waals surface area contributed by atoms with Crippen molar-refractivity contribution in [3.05, 3.63) is 23.8 Å². The fourth-order valence-electron chi connectivity index (χ4n) is 2.94. The Kier molecular flexibility index (Phi) is 7.37. The van der Waals surface area contributed by atoms with Crippen molar-refractivity contribution in [2.75, 3.05) is 27.3 Å². The molecule has 1 saturated heterocycles. The normalized spacial score (nSPS) is 15.0. The van der Waals surface area contributed by atoms with Gasteiger partial charge in [0.1, 0.15) is 5.60 Å². The molecule has 0 unspecified atom stereocenters. The molecule has 8 nitrogen and oxygen atoms in total. The van der Waals surface area contributed by atoms with E-state index in [9.17, 15) is 9.59 Å². The lowest BCUT2D eigenvalue weighted by atomic mass is 10.1. The van der Waals surface area contributed by atoms with Crippen LogP contribution in [0.2, 0.25) is 0 Å². The third-order valence-electron chi connectivity index (χ3n) is 4.38. The Morgan fingerprint density at radius 2 is 1.75 bits per heavy atom. The number of ether oxygens (including phenoxy) is 3. The lowest BCUT2D eigenvalue weighted by Crippen LogP contribution is -2.49. The molecule has 1 aromatic rings. The zero-order chi connectivity index (χ0) is 20.7. The first-order valence-electron chi connectivity index (χ1n) is 9.45. The van der Waals surface area contributed by atoms with Gasteiger partial charge in [0, 0.05) is 25.7 Å². The van der Waals surface area contributed by atoms with E-state index < -0.39 is 5.60 Å². The Bertz CT molecular complexity index is 679. The maximum atomic E-state index is 12.2. The highest BCUT2D eigenvalue weighted by molar-refractivity contribution is 5.74. The molecule has 0 atom stereocenters. The molecule has 0 radical (unpaired) electrons. The standard InChI is InChI=1S/C20H31N3O5/c1-20(2,3)28-19(25)23-10-8-15(9-11-23)22-18(24)21-13-14-6-7-16(26-4)17(12-14)27-5/h6-7,12,15H,8-11,13H2,1-5H3,(H2,21,22,24). The Labute approximate surface area is 166 Å². The summed E-state index contributed by atoms with van der Waals surface area (Å²) in [5, 5.41) is 5.81. The second kappa shape index (κ2) is 9.52. The van der Waals surface area contributed by atoms with Gasteiger partial charge >= 0.3 is 12.1 Å². The third kappa shape index (κ3) is 6.51. The molecule has 3 amide bonds. The number of urea groups is 1. The molecule has 28 heavy (non-hydrogen) atoms. The lowest BCUT2D eigenvalue weighted by molar-refractivity contribution is 0.0201. The average Bonchev–Trinajstić information content (AvgIpc) is 2.65. The molecule has 8 heteroatoms. The summed E-state index contributed by atoms with van der Waals surface area (Å²) < 4.78 is 15.9. The van der Waals surface area contributed by atoms with E-state index in [1.54, 1.807) is 25.2 Å². The van der Waals surface area contributed by atoms with Crippen LogP contribution in [0.3, 0.4) is 0 Å². The van der Waals surface area contributed by atoms with Crippen LogP contribution >= 0.6 is 0 Å². The van der Waals surface area contributed by atoms with Crippen molar-refractivity contribution in [1.82, 2.24) is 15.5 Å². The first-order chi connectivity index (χ1) is 13.2. The molecule has 0 aliphatic carbocycles. The summed E-state index contributed by atoms with van der Waals surface area (Å²) in [6.07, 6.45) is 1.09. The number of carbonyl (C=O) groups is 2. The highest BCUT2D eigenvalue weighted by Crippen LogP contribution is 2.27. The fraction of sp³-hybridized carbons (Fsp3) is 0.600. The molecule has 1 aliphatic heterocycles. The van der Waals surface area contributed by atoms with Crippen molar-refractivity contribution in [2.24, 2.45) is 0 Å². The van der Waals surface area contributed by atoms with Gasteiger partial charge in [-0.2, -0.15) is 0 Å². The van der Waals surface area contributed by atoms with Gasteiger partial charge in [0.25, 0.3) is 0 Å². The van der Waals surface area contributed by atoms with Gasteiger partial charge < -0.3 is 29.7 Å². The molecule has 1 aromatic carbocycles. The Morgan fingerprint density at radius 3 is 2.32 bits per heavy atom. The zero-order valence-electron chi connectivity index (χ0n) is 17.3. The van der Waals surface area contributed by atoms with E-state index in [1.807, 2.05) is 32.9 Å². The first-order valence-corrected chi connectivity index (χ1v) is 9.45. The number of hydrogen-bond acceptors (Lipinski definition) is 5. The van der Waals surface area contributed by atoms with Crippen LogP contribution in [0, 0.1) is 0 Å². The molecule has 1 heterocycles. The van der Waals surface area contributed by atoms with Crippen LogP contribution in [0.5, 0.6) is 11.5 Å². The second-order valence-corrected chi connectivity index (χ2v) is 7.76. The van der Waals surface area contributed by atoms with E-state index in [0.717, 1.165) is 5.56 Å². The number of carbonyl (C=O) groups excluding carboxylic acids is 2. The van der Waals surface area contributed by atoms with Gasteiger partial charge in [-0.1, -0.05) is 6.07 Å². The maximum Gasteiger partial charge on any atom is 0.410 e. The molecule has 1 aliphatic rings. The maximum absolute atomic E-state index is 12.2. The van der Waals surface area contributed by atoms with Crippen LogP contribution < -0.4 is 20.1 Å². The van der Waals surface area contributed by atoms with Crippen LogP contribution in [0.15, 0.2) is 18.2 Å². The minimum Gasteiger partial charge on any atom is -0.493 e. The number of amides is 3. The number of piperidine rings is 1. The smallest absolute Gasteiger partial charge is 0.410 e. The van der Waals surface area contributed by atoms with Crippen molar-refractivity contribution in [3.63, 3.8) is 0 Å². The topological polar surface area (TPSA) is 89.1 Å². The van der Waals surface area contributed by atoms with Crippen LogP contribution in [-0.4, -0.2) is 56.0 Å². The molecular formula is C20H31N3O5. The minimum atomic E-state index is -0.504. The summed E-state index contributed by atoms with van der Waals surface area (Å²) >= 11 is 0. The van der Waals surface area contributed by atoms with Crippen LogP contribution in [0.1, 0.15) is 39.2 Å². The number of methoxy groups -OCH3 is 2. The fourth-order valence-corrected chi connectivity index (χ4v) is 2.94. The third-order valence-corrected chi connectivity index (χ3v) is 4.38. The number of nitrogens with zero attached hydrogens (tertiary/aromatic N) is 1. The summed E-state index contributed by atoms with van der Waals surface area (Å²) in [4.78, 5) is 26.0. The van der Waals surface area contributed by atoms with Gasteiger partial charge in [-0.05, 0) is 51.3 Å². The first kappa shape index (κ1) is 21.7. The van der Waals surface area contributed by atoms with Gasteiger partial charge in [-0.15, -0.1) is 0 Å². The molecule has 2 N–H and O–H groups in total. The minimum absolute atomic E-state index is 0.0316. The van der Waals surface area contributed by atoms with Crippen molar-refractivity contribution < 1.29 is 23.8 Å². The summed E-state index contributed by atoms with van der Waals surface area (Å²) in [6, 6.07) is 5.31. The van der Waals surface area contributed by atoms with Gasteiger partial charge in [0.05, 0.1) is 14.2 Å². The molecular weight excluding hydrogens is 362 g/mol. The highest BCUT2D eigenvalue weighted by atomic mass is 16.6. The Hall–Kier alpha value is -2.64. The zero-order valence-corrected chi connectivity index (χ0v) is 17.3. The quantitative estimate of drug-likeness (QED) is 0.803. The predicted octanol–water partition coefficient (Wildman–Crippen LogP) is 2.90. The Morgan fingerprint density at radius 1 is 1.11 bits per heavy atom. The molecule has 0 bridgehead atoms. The second-order valence-electron chi connectivity index (χ2n) is 7.76. The van der Waals surface area contributed by atoms with E-state index >= 15 is 0 Å². The number of likely N-dealkylation sites (tertiary alicyclic amines) is 1. The van der Waals surface area contributed by atoms with E-state index in [0.29, 0.717) is 44.0 Å². The average molecular weight is 393 g/mol. The van der Waals surface area contributed by atoms with Crippen LogP contribution in [0.4, 0.5) is 9.59 Å². The number of benzene rings is 1. The van der Waals surface area contributed by atoms with Gasteiger partial charge in [-0.3, -0.25) is 0 Å². The van der Waals surface area contributed by atoms with E-state index in [-0.39, 0.29) is 18.2 Å². The van der Waals surface area contributed by atoms with Crippen molar-refractivity contribution in [2.45, 2.75) is 51.8 Å². The summed E-state index contributed by atoms with van der Waals surface area (Å²) in [7, 11) is 3.16. The number of nitrogens with one attached hydrogen (secondary N) is 2. The van der Waals surface area contributed by atoms with E-state index in [1.165, 1.54) is 0 Å². The molecule has 0 saturated carbocycles. The number of rotatable bonds is 5.